The van der Waals surface area contributed by atoms with Gasteiger partial charge in [-0.15, -0.1) is 0 Å². The summed E-state index contributed by atoms with van der Waals surface area (Å²) in [4.78, 5) is 25.4. The number of nitrogens with two attached hydrogens (primary N) is 1. The van der Waals surface area contributed by atoms with E-state index in [9.17, 15) is 23.1 Å². The number of aliphatic hydroxyl groups is 1. The number of ether oxygens (including phenoxy) is 1. The Morgan fingerprint density at radius 3 is 2.25 bits per heavy atom. The van der Waals surface area contributed by atoms with Crippen LogP contribution in [0.2, 0.25) is 0 Å². The van der Waals surface area contributed by atoms with Crippen LogP contribution in [0.1, 0.15) is 38.7 Å². The average molecular weight is 625 g/mol. The Hall–Kier alpha value is -3.93. The number of hydrogen-bond acceptors (Lipinski definition) is 7. The molecule has 0 aromatic heterocycles. The van der Waals surface area contributed by atoms with Gasteiger partial charge in [0.1, 0.15) is 6.04 Å². The fourth-order valence-corrected chi connectivity index (χ4v) is 6.78. The Kier molecular flexibility index (Phi) is 13.2. The van der Waals surface area contributed by atoms with E-state index in [1.807, 2.05) is 68.4 Å². The number of carbonyl (C=O) groups excluding carboxylic acids is 2. The molecular weight excluding hydrogens is 580 g/mol. The lowest BCUT2D eigenvalue weighted by Gasteiger charge is -2.31. The number of hydrogen-bond donors (Lipinski definition) is 4. The van der Waals surface area contributed by atoms with Crippen LogP contribution in [0.3, 0.4) is 0 Å². The van der Waals surface area contributed by atoms with Gasteiger partial charge in [0.15, 0.2) is 0 Å². The van der Waals surface area contributed by atoms with E-state index in [1.165, 1.54) is 23.5 Å². The van der Waals surface area contributed by atoms with E-state index in [1.54, 1.807) is 12.1 Å². The molecule has 10 nitrogen and oxygen atoms in total. The van der Waals surface area contributed by atoms with Crippen LogP contribution < -0.4 is 16.4 Å². The summed E-state index contributed by atoms with van der Waals surface area (Å²) in [5.41, 5.74) is 9.07. The number of methoxy groups -OCH3 is 1. The van der Waals surface area contributed by atoms with E-state index in [4.69, 9.17) is 10.5 Å². The quantitative estimate of drug-likeness (QED) is 0.138. The van der Waals surface area contributed by atoms with Crippen molar-refractivity contribution in [2.45, 2.75) is 56.5 Å². The predicted molar refractivity (Wildman–Crippen MR) is 172 cm³/mol. The molecule has 44 heavy (non-hydrogen) atoms. The van der Waals surface area contributed by atoms with Gasteiger partial charge in [0.05, 0.1) is 18.6 Å². The maximum Gasteiger partial charge on any atom is 0.407 e. The van der Waals surface area contributed by atoms with E-state index in [0.29, 0.717) is 31.5 Å². The third-order valence-electron chi connectivity index (χ3n) is 7.23. The summed E-state index contributed by atoms with van der Waals surface area (Å²) in [6.07, 6.45) is 1.06. The Balaban J connectivity index is 1.63. The number of anilines is 1. The number of rotatable bonds is 16. The zero-order chi connectivity index (χ0) is 32.1. The third kappa shape index (κ3) is 9.80. The molecule has 3 rings (SSSR count). The van der Waals surface area contributed by atoms with Crippen molar-refractivity contribution in [2.75, 3.05) is 32.5 Å². The maximum absolute atomic E-state index is 13.5. The second kappa shape index (κ2) is 16.8. The van der Waals surface area contributed by atoms with Crippen molar-refractivity contribution in [2.24, 2.45) is 5.92 Å². The molecule has 0 saturated heterocycles. The molecule has 238 valence electrons. The third-order valence-corrected chi connectivity index (χ3v) is 9.17. The number of nitrogens with zero attached hydrogens (tertiary/aromatic N) is 1. The fraction of sp³-hybridized carbons (Fsp3) is 0.394. The summed E-state index contributed by atoms with van der Waals surface area (Å²) >= 11 is 0. The van der Waals surface area contributed by atoms with E-state index in [2.05, 4.69) is 10.6 Å². The Morgan fingerprint density at radius 1 is 0.955 bits per heavy atom. The minimum atomic E-state index is -3.86. The first-order chi connectivity index (χ1) is 21.1. The second-order valence-electron chi connectivity index (χ2n) is 11.1. The number of nitrogen functional groups attached to an aromatic ring is 1. The highest BCUT2D eigenvalue weighted by molar-refractivity contribution is 7.89. The standard InChI is InChI=1S/C33H44N4O6S/c1-24(2)22-37(44(41,42)29-18-16-27(34)17-19-29)28(23-38)14-9-10-20-35-32(39)31(36-33(40)43-3)21-26-13-7-8-15-30(26)25-11-5-4-6-12-25/h4-8,11-13,15-19,24,28,31,38H,9-10,14,20-23,34H2,1-3H3,(H,35,39)(H,36,40)/t28?,31-/m1/s1. The zero-order valence-corrected chi connectivity index (χ0v) is 26.4. The first kappa shape index (κ1) is 34.6. The van der Waals surface area contributed by atoms with Gasteiger partial charge in [-0.3, -0.25) is 4.79 Å². The van der Waals surface area contributed by atoms with Crippen LogP contribution >= 0.6 is 0 Å². The molecular formula is C33H44N4O6S. The van der Waals surface area contributed by atoms with Crippen LogP contribution in [0, 0.1) is 5.92 Å². The van der Waals surface area contributed by atoms with Crippen LogP contribution in [0.15, 0.2) is 83.8 Å². The van der Waals surface area contributed by atoms with Gasteiger partial charge in [-0.25, -0.2) is 13.2 Å². The van der Waals surface area contributed by atoms with Crippen molar-refractivity contribution in [3.63, 3.8) is 0 Å². The molecule has 0 saturated carbocycles. The van der Waals surface area contributed by atoms with Gasteiger partial charge in [0.2, 0.25) is 15.9 Å². The summed E-state index contributed by atoms with van der Waals surface area (Å²) in [7, 11) is -2.62. The van der Waals surface area contributed by atoms with Gasteiger partial charge in [-0.1, -0.05) is 74.9 Å². The average Bonchev–Trinajstić information content (AvgIpc) is 3.02. The lowest BCUT2D eigenvalue weighted by atomic mass is 9.95. The SMILES string of the molecule is COC(=O)N[C@H](Cc1ccccc1-c1ccccc1)C(=O)NCCCCC(CO)N(CC(C)C)S(=O)(=O)c1ccc(N)cc1. The van der Waals surface area contributed by atoms with Crippen molar-refractivity contribution in [1.82, 2.24) is 14.9 Å². The van der Waals surface area contributed by atoms with Gasteiger partial charge in [0.25, 0.3) is 0 Å². The lowest BCUT2D eigenvalue weighted by molar-refractivity contribution is -0.123. The fourth-order valence-electron chi connectivity index (χ4n) is 4.97. The lowest BCUT2D eigenvalue weighted by Crippen LogP contribution is -2.48. The number of sulfonamides is 1. The Bertz CT molecular complexity index is 1450. The summed E-state index contributed by atoms with van der Waals surface area (Å²) in [5, 5.41) is 15.7. The molecule has 0 heterocycles. The van der Waals surface area contributed by atoms with Crippen molar-refractivity contribution in [1.29, 1.82) is 0 Å². The molecule has 0 fully saturated rings. The number of amides is 2. The molecule has 3 aromatic carbocycles. The van der Waals surface area contributed by atoms with Crippen molar-refractivity contribution in [3.8, 4) is 11.1 Å². The molecule has 2 atom stereocenters. The molecule has 1 unspecified atom stereocenters. The molecule has 0 aliphatic carbocycles. The number of alkyl carbamates (subject to hydrolysis) is 1. The van der Waals surface area contributed by atoms with Crippen LogP contribution in [0.5, 0.6) is 0 Å². The maximum atomic E-state index is 13.5. The van der Waals surface area contributed by atoms with Gasteiger partial charge in [-0.2, -0.15) is 4.31 Å². The van der Waals surface area contributed by atoms with Gasteiger partial charge in [-0.05, 0) is 59.7 Å². The number of unbranched alkanes of at least 4 members (excludes halogenated alkanes) is 1. The van der Waals surface area contributed by atoms with Gasteiger partial charge >= 0.3 is 6.09 Å². The van der Waals surface area contributed by atoms with E-state index in [-0.39, 0.29) is 36.3 Å². The highest BCUT2D eigenvalue weighted by Crippen LogP contribution is 2.25. The van der Waals surface area contributed by atoms with E-state index < -0.39 is 28.2 Å². The largest absolute Gasteiger partial charge is 0.453 e. The second-order valence-corrected chi connectivity index (χ2v) is 13.0. The van der Waals surface area contributed by atoms with Crippen LogP contribution in [-0.2, 0) is 26.0 Å². The molecule has 0 spiro atoms. The van der Waals surface area contributed by atoms with E-state index >= 15 is 0 Å². The minimum Gasteiger partial charge on any atom is -0.453 e. The smallest absolute Gasteiger partial charge is 0.407 e. The molecule has 0 radical (unpaired) electrons. The molecule has 5 N–H and O–H groups in total. The highest BCUT2D eigenvalue weighted by Gasteiger charge is 2.31. The van der Waals surface area contributed by atoms with E-state index in [0.717, 1.165) is 16.7 Å². The molecule has 0 bridgehead atoms. The van der Waals surface area contributed by atoms with Crippen molar-refractivity contribution < 1.29 is 27.9 Å². The summed E-state index contributed by atoms with van der Waals surface area (Å²) in [5.74, 6) is -0.317. The number of aliphatic hydroxyl groups excluding tert-OH is 1. The molecule has 11 heteroatoms. The van der Waals surface area contributed by atoms with Crippen molar-refractivity contribution >= 4 is 27.7 Å². The zero-order valence-electron chi connectivity index (χ0n) is 25.6. The predicted octanol–water partition coefficient (Wildman–Crippen LogP) is 4.20. The van der Waals surface area contributed by atoms with Crippen molar-refractivity contribution in [3.05, 3.63) is 84.4 Å². The monoisotopic (exact) mass is 624 g/mol. The van der Waals surface area contributed by atoms with Crippen LogP contribution in [0.4, 0.5) is 10.5 Å². The minimum absolute atomic E-state index is 0.0400. The number of benzene rings is 3. The number of carbonyl (C=O) groups is 2. The summed E-state index contributed by atoms with van der Waals surface area (Å²) in [6.45, 7) is 4.07. The normalized spacial score (nSPS) is 13.0. The highest BCUT2D eigenvalue weighted by atomic mass is 32.2. The molecule has 0 aliphatic heterocycles. The Morgan fingerprint density at radius 2 is 1.61 bits per heavy atom. The van der Waals surface area contributed by atoms with Gasteiger partial charge < -0.3 is 26.2 Å². The van der Waals surface area contributed by atoms with Crippen LogP contribution in [0.25, 0.3) is 11.1 Å². The summed E-state index contributed by atoms with van der Waals surface area (Å²) in [6, 6.07) is 22.1. The molecule has 2 amide bonds. The topological polar surface area (TPSA) is 151 Å². The van der Waals surface area contributed by atoms with Crippen LogP contribution in [-0.4, -0.2) is 68.7 Å². The number of nitrogens with one attached hydrogen (secondary N) is 2. The first-order valence-corrected chi connectivity index (χ1v) is 16.2. The van der Waals surface area contributed by atoms with Gasteiger partial charge in [0, 0.05) is 31.2 Å². The molecule has 0 aliphatic rings. The Labute approximate surface area is 260 Å². The first-order valence-electron chi connectivity index (χ1n) is 14.8. The molecule has 3 aromatic rings. The summed E-state index contributed by atoms with van der Waals surface area (Å²) < 4.78 is 33.1.